The lowest BCUT2D eigenvalue weighted by Crippen LogP contribution is -2.32. The van der Waals surface area contributed by atoms with E-state index in [0.717, 1.165) is 22.4 Å². The summed E-state index contributed by atoms with van der Waals surface area (Å²) in [6, 6.07) is 7.85. The molecule has 128 valence electrons. The lowest BCUT2D eigenvalue weighted by atomic mass is 9.69. The van der Waals surface area contributed by atoms with Crippen LogP contribution in [0.2, 0.25) is 0 Å². The van der Waals surface area contributed by atoms with Crippen molar-refractivity contribution in [1.29, 1.82) is 0 Å². The first-order chi connectivity index (χ1) is 12.7. The van der Waals surface area contributed by atoms with Crippen LogP contribution in [-0.4, -0.2) is 25.7 Å². The normalized spacial score (nSPS) is 14.6. The summed E-state index contributed by atoms with van der Waals surface area (Å²) in [5.41, 5.74) is 9.05. The fourth-order valence-corrected chi connectivity index (χ4v) is 3.47. The number of nitrogens with zero attached hydrogens (tertiary/aromatic N) is 4. The SMILES string of the molecule is C=CC(=O)n1nc(N)c2c1CC(c1cccnc1)(c1cccnc1)C=C2. The van der Waals surface area contributed by atoms with E-state index in [0.29, 0.717) is 12.2 Å². The van der Waals surface area contributed by atoms with Gasteiger partial charge < -0.3 is 5.73 Å². The maximum absolute atomic E-state index is 12.3. The average molecular weight is 343 g/mol. The Balaban J connectivity index is 1.95. The molecule has 0 atom stereocenters. The third-order valence-electron chi connectivity index (χ3n) is 4.77. The molecule has 3 heterocycles. The molecule has 0 amide bonds. The van der Waals surface area contributed by atoms with Gasteiger partial charge in [0.05, 0.1) is 5.69 Å². The largest absolute Gasteiger partial charge is 0.382 e. The Morgan fingerprint density at radius 1 is 1.19 bits per heavy atom. The van der Waals surface area contributed by atoms with Crippen LogP contribution in [0.25, 0.3) is 6.08 Å². The first kappa shape index (κ1) is 16.0. The second-order valence-corrected chi connectivity index (χ2v) is 6.16. The van der Waals surface area contributed by atoms with Crippen molar-refractivity contribution in [3.63, 3.8) is 0 Å². The molecular formula is C20H17N5O. The van der Waals surface area contributed by atoms with E-state index in [4.69, 9.17) is 5.73 Å². The molecule has 0 aromatic carbocycles. The lowest BCUT2D eigenvalue weighted by molar-refractivity contribution is 0.0950. The summed E-state index contributed by atoms with van der Waals surface area (Å²) in [6.45, 7) is 3.56. The van der Waals surface area contributed by atoms with Gasteiger partial charge in [-0.25, -0.2) is 0 Å². The molecule has 0 aliphatic heterocycles. The highest BCUT2D eigenvalue weighted by atomic mass is 16.2. The van der Waals surface area contributed by atoms with Crippen molar-refractivity contribution < 1.29 is 4.79 Å². The first-order valence-corrected chi connectivity index (χ1v) is 8.20. The van der Waals surface area contributed by atoms with Gasteiger partial charge in [0.1, 0.15) is 0 Å². The van der Waals surface area contributed by atoms with Crippen LogP contribution in [0.3, 0.4) is 0 Å². The standard InChI is InChI=1S/C20H17N5O/c1-2-18(26)25-17-11-20(14-5-3-9-22-12-14,15-6-4-10-23-13-15)8-7-16(17)19(21)24-25/h2-10,12-13H,1,11H2,(H2,21,24). The molecule has 1 aliphatic carbocycles. The predicted molar refractivity (Wildman–Crippen MR) is 99.5 cm³/mol. The van der Waals surface area contributed by atoms with Gasteiger partial charge in [0.25, 0.3) is 5.91 Å². The van der Waals surface area contributed by atoms with Gasteiger partial charge >= 0.3 is 0 Å². The summed E-state index contributed by atoms with van der Waals surface area (Å²) in [7, 11) is 0. The van der Waals surface area contributed by atoms with Crippen molar-refractivity contribution in [2.45, 2.75) is 11.8 Å². The van der Waals surface area contributed by atoms with E-state index >= 15 is 0 Å². The van der Waals surface area contributed by atoms with E-state index in [1.807, 2.05) is 42.7 Å². The van der Waals surface area contributed by atoms with Crippen LogP contribution >= 0.6 is 0 Å². The molecule has 3 aromatic rings. The smallest absolute Gasteiger partial charge is 0.270 e. The zero-order valence-corrected chi connectivity index (χ0v) is 14.0. The van der Waals surface area contributed by atoms with Crippen LogP contribution in [0.5, 0.6) is 0 Å². The van der Waals surface area contributed by atoms with Crippen LogP contribution in [0, 0.1) is 0 Å². The van der Waals surface area contributed by atoms with E-state index in [-0.39, 0.29) is 5.91 Å². The number of allylic oxidation sites excluding steroid dienone is 2. The number of fused-ring (bicyclic) bond motifs is 1. The Morgan fingerprint density at radius 2 is 1.85 bits per heavy atom. The Hall–Kier alpha value is -3.54. The van der Waals surface area contributed by atoms with Gasteiger partial charge in [-0.15, -0.1) is 5.10 Å². The molecule has 26 heavy (non-hydrogen) atoms. The van der Waals surface area contributed by atoms with Gasteiger partial charge in [-0.05, 0) is 29.3 Å². The van der Waals surface area contributed by atoms with Crippen molar-refractivity contribution in [3.05, 3.63) is 90.2 Å². The highest BCUT2D eigenvalue weighted by Gasteiger charge is 2.38. The lowest BCUT2D eigenvalue weighted by Gasteiger charge is -2.34. The third-order valence-corrected chi connectivity index (χ3v) is 4.77. The van der Waals surface area contributed by atoms with E-state index in [2.05, 4.69) is 27.7 Å². The van der Waals surface area contributed by atoms with Crippen LogP contribution in [0.15, 0.2) is 67.8 Å². The van der Waals surface area contributed by atoms with E-state index in [1.165, 1.54) is 10.8 Å². The number of pyridine rings is 2. The monoisotopic (exact) mass is 343 g/mol. The molecule has 6 heteroatoms. The maximum Gasteiger partial charge on any atom is 0.270 e. The summed E-state index contributed by atoms with van der Waals surface area (Å²) < 4.78 is 1.34. The van der Waals surface area contributed by atoms with Crippen LogP contribution in [0.4, 0.5) is 5.82 Å². The number of carbonyl (C=O) groups is 1. The Morgan fingerprint density at radius 3 is 2.38 bits per heavy atom. The molecule has 0 fully saturated rings. The molecule has 0 spiro atoms. The Labute approximate surface area is 150 Å². The second kappa shape index (κ2) is 6.07. The van der Waals surface area contributed by atoms with Crippen LogP contribution in [-0.2, 0) is 11.8 Å². The van der Waals surface area contributed by atoms with Gasteiger partial charge in [-0.1, -0.05) is 30.9 Å². The molecule has 6 nitrogen and oxygen atoms in total. The number of rotatable bonds is 3. The van der Waals surface area contributed by atoms with Gasteiger partial charge in [0.2, 0.25) is 0 Å². The maximum atomic E-state index is 12.3. The fourth-order valence-electron chi connectivity index (χ4n) is 3.47. The number of hydrogen-bond donors (Lipinski definition) is 1. The van der Waals surface area contributed by atoms with Crippen molar-refractivity contribution in [2.24, 2.45) is 0 Å². The number of carbonyl (C=O) groups excluding carboxylic acids is 1. The van der Waals surface area contributed by atoms with Gasteiger partial charge in [0, 0.05) is 42.2 Å². The number of hydrogen-bond acceptors (Lipinski definition) is 5. The summed E-state index contributed by atoms with van der Waals surface area (Å²) in [5, 5.41) is 4.21. The fraction of sp³-hybridized carbons (Fsp3) is 0.100. The van der Waals surface area contributed by atoms with Gasteiger partial charge in [-0.3, -0.25) is 14.8 Å². The van der Waals surface area contributed by atoms with Crippen molar-refractivity contribution in [1.82, 2.24) is 19.7 Å². The van der Waals surface area contributed by atoms with Crippen molar-refractivity contribution >= 4 is 17.8 Å². The highest BCUT2D eigenvalue weighted by molar-refractivity contribution is 5.90. The minimum atomic E-state index is -0.513. The summed E-state index contributed by atoms with van der Waals surface area (Å²) in [5.74, 6) is 0.0250. The third kappa shape index (κ3) is 2.35. The zero-order chi connectivity index (χ0) is 18.1. The topological polar surface area (TPSA) is 86.7 Å². The Bertz CT molecular complexity index is 966. The average Bonchev–Trinajstić information content (AvgIpc) is 3.04. The molecule has 4 rings (SSSR count). The summed E-state index contributed by atoms with van der Waals surface area (Å²) in [4.78, 5) is 20.8. The molecule has 0 saturated carbocycles. The molecule has 2 N–H and O–H groups in total. The number of nitrogens with two attached hydrogens (primary N) is 1. The molecule has 1 aliphatic rings. The van der Waals surface area contributed by atoms with E-state index in [9.17, 15) is 4.79 Å². The molecule has 3 aromatic heterocycles. The molecule has 0 radical (unpaired) electrons. The van der Waals surface area contributed by atoms with Gasteiger partial charge in [-0.2, -0.15) is 4.68 Å². The first-order valence-electron chi connectivity index (χ1n) is 8.20. The van der Waals surface area contributed by atoms with E-state index in [1.54, 1.807) is 12.4 Å². The molecular weight excluding hydrogens is 326 g/mol. The number of nitrogen functional groups attached to an aromatic ring is 1. The summed E-state index contributed by atoms with van der Waals surface area (Å²) >= 11 is 0. The molecule has 0 unspecified atom stereocenters. The number of anilines is 1. The molecule has 0 bridgehead atoms. The van der Waals surface area contributed by atoms with Crippen LogP contribution < -0.4 is 5.73 Å². The zero-order valence-electron chi connectivity index (χ0n) is 14.0. The predicted octanol–water partition coefficient (Wildman–Crippen LogP) is 2.64. The van der Waals surface area contributed by atoms with E-state index < -0.39 is 5.41 Å². The minimum absolute atomic E-state index is 0.306. The summed E-state index contributed by atoms with van der Waals surface area (Å²) in [6.07, 6.45) is 12.9. The van der Waals surface area contributed by atoms with Crippen molar-refractivity contribution in [2.75, 3.05) is 5.73 Å². The second-order valence-electron chi connectivity index (χ2n) is 6.16. The van der Waals surface area contributed by atoms with Crippen molar-refractivity contribution in [3.8, 4) is 0 Å². The Kier molecular flexibility index (Phi) is 3.73. The minimum Gasteiger partial charge on any atom is -0.382 e. The number of aromatic nitrogens is 4. The van der Waals surface area contributed by atoms with Gasteiger partial charge in [0.15, 0.2) is 5.82 Å². The molecule has 0 saturated heterocycles. The highest BCUT2D eigenvalue weighted by Crippen LogP contribution is 2.42. The van der Waals surface area contributed by atoms with Crippen LogP contribution in [0.1, 0.15) is 27.2 Å². The quantitative estimate of drug-likeness (QED) is 0.739.